The second kappa shape index (κ2) is 8.84. The Morgan fingerprint density at radius 3 is 2.61 bits per heavy atom. The van der Waals surface area contributed by atoms with E-state index < -0.39 is 26.7 Å². The van der Waals surface area contributed by atoms with Crippen molar-refractivity contribution in [1.29, 1.82) is 0 Å². The van der Waals surface area contributed by atoms with Crippen LogP contribution >= 0.6 is 22.9 Å². The topological polar surface area (TPSA) is 50.3 Å². The molecule has 1 aliphatic heterocycles. The highest BCUT2D eigenvalue weighted by molar-refractivity contribution is 7.92. The molecule has 4 rings (SSSR count). The average Bonchev–Trinajstić information content (AvgIpc) is 3.21. The standard InChI is InChI=1S/C22H21ClF2N2O2S2/c1-14-2-4-16(24)12-21(14)31(28,29)18-6-8-27(9-7-18)22-26-17(13-30-22)10-15-3-5-19(23)20(25)11-15/h2-5,11-13,18H,6-10H2,1H3. The summed E-state index contributed by atoms with van der Waals surface area (Å²) in [6, 6.07) is 8.60. The molecule has 9 heteroatoms. The van der Waals surface area contributed by atoms with Crippen molar-refractivity contribution in [3.63, 3.8) is 0 Å². The van der Waals surface area contributed by atoms with Gasteiger partial charge in [-0.05, 0) is 55.2 Å². The van der Waals surface area contributed by atoms with Gasteiger partial charge >= 0.3 is 0 Å². The van der Waals surface area contributed by atoms with Crippen molar-refractivity contribution in [2.45, 2.75) is 36.3 Å². The Balaban J connectivity index is 1.42. The fourth-order valence-electron chi connectivity index (χ4n) is 3.80. The molecule has 0 aliphatic carbocycles. The van der Waals surface area contributed by atoms with E-state index in [2.05, 4.69) is 9.88 Å². The molecule has 4 nitrogen and oxygen atoms in total. The number of sulfone groups is 1. The summed E-state index contributed by atoms with van der Waals surface area (Å²) in [6.07, 6.45) is 1.40. The van der Waals surface area contributed by atoms with Crippen LogP contribution in [0.25, 0.3) is 0 Å². The molecular weight excluding hydrogens is 462 g/mol. The maximum absolute atomic E-state index is 13.7. The third-order valence-corrected chi connectivity index (χ3v) is 9.18. The van der Waals surface area contributed by atoms with Crippen LogP contribution in [0, 0.1) is 18.6 Å². The van der Waals surface area contributed by atoms with Crippen molar-refractivity contribution in [3.8, 4) is 0 Å². The molecule has 3 aromatic rings. The number of aryl methyl sites for hydroxylation is 1. The molecule has 164 valence electrons. The van der Waals surface area contributed by atoms with E-state index in [-0.39, 0.29) is 9.92 Å². The fourth-order valence-corrected chi connectivity index (χ4v) is 6.78. The van der Waals surface area contributed by atoms with E-state index in [1.165, 1.54) is 35.6 Å². The number of rotatable bonds is 5. The fraction of sp³-hybridized carbons (Fsp3) is 0.318. The van der Waals surface area contributed by atoms with Crippen molar-refractivity contribution in [2.24, 2.45) is 0 Å². The molecule has 2 heterocycles. The molecule has 0 amide bonds. The van der Waals surface area contributed by atoms with E-state index in [1.54, 1.807) is 13.0 Å². The first-order valence-corrected chi connectivity index (χ1v) is 12.7. The quantitative estimate of drug-likeness (QED) is 0.487. The Hall–Kier alpha value is -2.03. The Kier molecular flexibility index (Phi) is 6.32. The van der Waals surface area contributed by atoms with E-state index in [1.807, 2.05) is 5.38 Å². The maximum atomic E-state index is 13.7. The monoisotopic (exact) mass is 482 g/mol. The van der Waals surface area contributed by atoms with Gasteiger partial charge in [0.05, 0.1) is 20.9 Å². The van der Waals surface area contributed by atoms with Gasteiger partial charge in [-0.1, -0.05) is 23.7 Å². The minimum atomic E-state index is -3.59. The number of nitrogens with zero attached hydrogens (tertiary/aromatic N) is 2. The number of thiazole rings is 1. The van der Waals surface area contributed by atoms with Gasteiger partial charge in [0.15, 0.2) is 15.0 Å². The number of hydrogen-bond acceptors (Lipinski definition) is 5. The van der Waals surface area contributed by atoms with Crippen LogP contribution in [0.3, 0.4) is 0 Å². The number of anilines is 1. The Bertz CT molecular complexity index is 1210. The zero-order chi connectivity index (χ0) is 22.2. The van der Waals surface area contributed by atoms with Gasteiger partial charge in [0, 0.05) is 24.9 Å². The summed E-state index contributed by atoms with van der Waals surface area (Å²) in [6.45, 7) is 2.80. The number of halogens is 3. The predicted molar refractivity (Wildman–Crippen MR) is 120 cm³/mol. The van der Waals surface area contributed by atoms with Gasteiger partial charge in [-0.3, -0.25) is 0 Å². The Labute approximate surface area is 189 Å². The molecule has 1 fully saturated rings. The number of benzene rings is 2. The molecule has 31 heavy (non-hydrogen) atoms. The first-order valence-electron chi connectivity index (χ1n) is 9.87. The molecule has 0 unspecified atom stereocenters. The minimum Gasteiger partial charge on any atom is -0.348 e. The minimum absolute atomic E-state index is 0.0812. The third kappa shape index (κ3) is 4.76. The first kappa shape index (κ1) is 22.2. The number of aromatic nitrogens is 1. The summed E-state index contributed by atoms with van der Waals surface area (Å²) in [5, 5.41) is 2.30. The molecule has 0 atom stereocenters. The van der Waals surface area contributed by atoms with E-state index in [0.29, 0.717) is 37.9 Å². The van der Waals surface area contributed by atoms with Crippen LogP contribution in [-0.4, -0.2) is 31.7 Å². The summed E-state index contributed by atoms with van der Waals surface area (Å²) in [7, 11) is -3.59. The molecule has 1 saturated heterocycles. The van der Waals surface area contributed by atoms with Crippen LogP contribution in [-0.2, 0) is 16.3 Å². The lowest BCUT2D eigenvalue weighted by atomic mass is 10.1. The lowest BCUT2D eigenvalue weighted by molar-refractivity contribution is 0.527. The van der Waals surface area contributed by atoms with Gasteiger partial charge in [-0.25, -0.2) is 22.2 Å². The highest BCUT2D eigenvalue weighted by Gasteiger charge is 2.33. The van der Waals surface area contributed by atoms with Crippen LogP contribution in [0.5, 0.6) is 0 Å². The Morgan fingerprint density at radius 1 is 1.16 bits per heavy atom. The molecule has 0 bridgehead atoms. The van der Waals surface area contributed by atoms with Crippen LogP contribution in [0.2, 0.25) is 5.02 Å². The van der Waals surface area contributed by atoms with Crippen molar-refractivity contribution < 1.29 is 17.2 Å². The third-order valence-electron chi connectivity index (χ3n) is 5.52. The summed E-state index contributed by atoms with van der Waals surface area (Å²) >= 11 is 7.22. The summed E-state index contributed by atoms with van der Waals surface area (Å²) in [4.78, 5) is 6.79. The van der Waals surface area contributed by atoms with Crippen LogP contribution in [0.15, 0.2) is 46.7 Å². The Morgan fingerprint density at radius 2 is 1.90 bits per heavy atom. The van der Waals surface area contributed by atoms with Gasteiger partial charge < -0.3 is 4.90 Å². The van der Waals surface area contributed by atoms with Crippen LogP contribution < -0.4 is 4.90 Å². The molecule has 0 saturated carbocycles. The summed E-state index contributed by atoms with van der Waals surface area (Å²) in [5.74, 6) is -0.996. The lowest BCUT2D eigenvalue weighted by Gasteiger charge is -2.31. The molecule has 0 spiro atoms. The van der Waals surface area contributed by atoms with Crippen molar-refractivity contribution >= 4 is 37.9 Å². The average molecular weight is 483 g/mol. The molecule has 0 N–H and O–H groups in total. The second-order valence-corrected chi connectivity index (χ2v) is 11.1. The first-order chi connectivity index (χ1) is 14.7. The van der Waals surface area contributed by atoms with Crippen molar-refractivity contribution in [1.82, 2.24) is 4.98 Å². The lowest BCUT2D eigenvalue weighted by Crippen LogP contribution is -2.39. The predicted octanol–water partition coefficient (Wildman–Crippen LogP) is 5.42. The van der Waals surface area contributed by atoms with Crippen LogP contribution in [0.4, 0.5) is 13.9 Å². The van der Waals surface area contributed by atoms with Gasteiger partial charge in [0.2, 0.25) is 0 Å². The van der Waals surface area contributed by atoms with Crippen LogP contribution in [0.1, 0.15) is 29.7 Å². The molecule has 1 aliphatic rings. The molecule has 0 radical (unpaired) electrons. The van der Waals surface area contributed by atoms with Gasteiger partial charge in [0.25, 0.3) is 0 Å². The van der Waals surface area contributed by atoms with Gasteiger partial charge in [0.1, 0.15) is 11.6 Å². The SMILES string of the molecule is Cc1ccc(F)cc1S(=O)(=O)C1CCN(c2nc(Cc3ccc(Cl)c(F)c3)cs2)CC1. The summed E-state index contributed by atoms with van der Waals surface area (Å²) in [5.41, 5.74) is 2.17. The zero-order valence-electron chi connectivity index (χ0n) is 16.8. The van der Waals surface area contributed by atoms with E-state index in [0.717, 1.165) is 22.5 Å². The van der Waals surface area contributed by atoms with Gasteiger partial charge in [-0.2, -0.15) is 0 Å². The van der Waals surface area contributed by atoms with E-state index >= 15 is 0 Å². The zero-order valence-corrected chi connectivity index (χ0v) is 19.2. The van der Waals surface area contributed by atoms with E-state index in [9.17, 15) is 17.2 Å². The van der Waals surface area contributed by atoms with Gasteiger partial charge in [-0.15, -0.1) is 11.3 Å². The second-order valence-electron chi connectivity index (χ2n) is 7.69. The van der Waals surface area contributed by atoms with Crippen molar-refractivity contribution in [2.75, 3.05) is 18.0 Å². The molecular formula is C22H21ClF2N2O2S2. The molecule has 1 aromatic heterocycles. The summed E-state index contributed by atoms with van der Waals surface area (Å²) < 4.78 is 53.3. The highest BCUT2D eigenvalue weighted by Crippen LogP contribution is 2.31. The van der Waals surface area contributed by atoms with Crippen molar-refractivity contribution in [3.05, 3.63) is 75.3 Å². The largest absolute Gasteiger partial charge is 0.348 e. The maximum Gasteiger partial charge on any atom is 0.185 e. The smallest absolute Gasteiger partial charge is 0.185 e. The molecule has 2 aromatic carbocycles. The highest BCUT2D eigenvalue weighted by atomic mass is 35.5. The normalized spacial score (nSPS) is 15.4. The number of piperidine rings is 1. The number of hydrogen-bond donors (Lipinski definition) is 0. The van der Waals surface area contributed by atoms with E-state index in [4.69, 9.17) is 11.6 Å².